The quantitative estimate of drug-likeness (QED) is 0.746. The van der Waals surface area contributed by atoms with Crippen molar-refractivity contribution in [2.45, 2.75) is 20.3 Å². The Morgan fingerprint density at radius 2 is 1.82 bits per heavy atom. The molecule has 3 unspecified atom stereocenters. The van der Waals surface area contributed by atoms with Crippen molar-refractivity contribution >= 4 is 12.0 Å². The van der Waals surface area contributed by atoms with Crippen LogP contribution in [-0.2, 0) is 4.79 Å². The highest BCUT2D eigenvalue weighted by atomic mass is 16.4. The number of aliphatic carboxylic acids is 1. The molecule has 0 aromatic rings. The van der Waals surface area contributed by atoms with Gasteiger partial charge in [-0.15, -0.1) is 0 Å². The van der Waals surface area contributed by atoms with Crippen LogP contribution >= 0.6 is 0 Å². The number of carboxylic acids is 1. The number of hydrogen-bond acceptors (Lipinski definition) is 2. The largest absolute Gasteiger partial charge is 0.481 e. The lowest BCUT2D eigenvalue weighted by Gasteiger charge is -2.24. The van der Waals surface area contributed by atoms with Gasteiger partial charge in [0, 0.05) is 26.2 Å². The summed E-state index contributed by atoms with van der Waals surface area (Å²) in [5.41, 5.74) is 0. The Kier molecular flexibility index (Phi) is 3.26. The van der Waals surface area contributed by atoms with Gasteiger partial charge >= 0.3 is 12.0 Å². The monoisotopic (exact) mass is 240 g/mol. The van der Waals surface area contributed by atoms with Crippen molar-refractivity contribution in [3.05, 3.63) is 0 Å². The molecule has 2 aliphatic rings. The first-order valence-electron chi connectivity index (χ1n) is 6.25. The molecule has 0 aliphatic carbocycles. The molecule has 0 radical (unpaired) electrons. The molecule has 0 aromatic carbocycles. The predicted octanol–water partition coefficient (Wildman–Crippen LogP) is 1.10. The molecule has 17 heavy (non-hydrogen) atoms. The fraction of sp³-hybridized carbons (Fsp3) is 0.833. The Hall–Kier alpha value is -1.26. The maximum atomic E-state index is 12.2. The number of rotatable bonds is 1. The predicted molar refractivity (Wildman–Crippen MR) is 62.6 cm³/mol. The molecule has 2 aliphatic heterocycles. The molecule has 5 heteroatoms. The summed E-state index contributed by atoms with van der Waals surface area (Å²) in [7, 11) is 0. The van der Waals surface area contributed by atoms with Crippen LogP contribution in [-0.4, -0.2) is 53.1 Å². The number of amides is 2. The van der Waals surface area contributed by atoms with Crippen LogP contribution < -0.4 is 0 Å². The summed E-state index contributed by atoms with van der Waals surface area (Å²) < 4.78 is 0. The SMILES string of the molecule is CC1CCN(C(=O)N2CC(C)C(C(=O)O)C2)C1. The summed E-state index contributed by atoms with van der Waals surface area (Å²) in [6.07, 6.45) is 1.05. The number of carboxylic acid groups (broad SMARTS) is 1. The van der Waals surface area contributed by atoms with E-state index in [0.717, 1.165) is 19.5 Å². The van der Waals surface area contributed by atoms with Crippen molar-refractivity contribution < 1.29 is 14.7 Å². The third kappa shape index (κ3) is 2.37. The van der Waals surface area contributed by atoms with Crippen LogP contribution in [0.3, 0.4) is 0 Å². The standard InChI is InChI=1S/C12H20N2O3/c1-8-3-4-13(5-8)12(17)14-6-9(2)10(7-14)11(15)16/h8-10H,3-7H2,1-2H3,(H,15,16). The summed E-state index contributed by atoms with van der Waals surface area (Å²) in [6.45, 7) is 6.59. The van der Waals surface area contributed by atoms with Crippen molar-refractivity contribution in [2.75, 3.05) is 26.2 Å². The zero-order valence-corrected chi connectivity index (χ0v) is 10.4. The first-order valence-corrected chi connectivity index (χ1v) is 6.25. The molecular weight excluding hydrogens is 220 g/mol. The van der Waals surface area contributed by atoms with Gasteiger partial charge in [-0.05, 0) is 18.3 Å². The smallest absolute Gasteiger partial charge is 0.320 e. The van der Waals surface area contributed by atoms with Gasteiger partial charge in [-0.2, -0.15) is 0 Å². The van der Waals surface area contributed by atoms with Gasteiger partial charge in [0.15, 0.2) is 0 Å². The summed E-state index contributed by atoms with van der Waals surface area (Å²) in [4.78, 5) is 26.7. The third-order valence-electron chi connectivity index (χ3n) is 3.89. The topological polar surface area (TPSA) is 60.9 Å². The molecule has 2 amide bonds. The van der Waals surface area contributed by atoms with Crippen LogP contribution in [0.25, 0.3) is 0 Å². The fourth-order valence-corrected chi connectivity index (χ4v) is 2.75. The highest BCUT2D eigenvalue weighted by Crippen LogP contribution is 2.25. The molecule has 5 nitrogen and oxygen atoms in total. The molecule has 1 N–H and O–H groups in total. The summed E-state index contributed by atoms with van der Waals surface area (Å²) in [6, 6.07) is 0.0185. The van der Waals surface area contributed by atoms with Crippen LogP contribution in [0.1, 0.15) is 20.3 Å². The number of carbonyl (C=O) groups is 2. The maximum Gasteiger partial charge on any atom is 0.320 e. The summed E-state index contributed by atoms with van der Waals surface area (Å²) in [5.74, 6) is -0.577. The lowest BCUT2D eigenvalue weighted by Crippen LogP contribution is -2.41. The van der Waals surface area contributed by atoms with Crippen molar-refractivity contribution in [1.29, 1.82) is 0 Å². The Bertz CT molecular complexity index is 332. The minimum absolute atomic E-state index is 0.0185. The van der Waals surface area contributed by atoms with Gasteiger partial charge in [-0.25, -0.2) is 4.79 Å². The summed E-state index contributed by atoms with van der Waals surface area (Å²) >= 11 is 0. The van der Waals surface area contributed by atoms with E-state index in [0.29, 0.717) is 19.0 Å². The van der Waals surface area contributed by atoms with Crippen LogP contribution in [0, 0.1) is 17.8 Å². The minimum atomic E-state index is -0.789. The van der Waals surface area contributed by atoms with Crippen LogP contribution in [0.15, 0.2) is 0 Å². The molecule has 96 valence electrons. The van der Waals surface area contributed by atoms with E-state index in [1.54, 1.807) is 4.90 Å². The molecule has 2 heterocycles. The lowest BCUT2D eigenvalue weighted by molar-refractivity contribution is -0.142. The van der Waals surface area contributed by atoms with Crippen molar-refractivity contribution in [2.24, 2.45) is 17.8 Å². The first-order chi connectivity index (χ1) is 7.99. The second kappa shape index (κ2) is 4.55. The maximum absolute atomic E-state index is 12.2. The Morgan fingerprint density at radius 3 is 2.29 bits per heavy atom. The minimum Gasteiger partial charge on any atom is -0.481 e. The zero-order valence-electron chi connectivity index (χ0n) is 10.4. The second-order valence-electron chi connectivity index (χ2n) is 5.45. The number of hydrogen-bond donors (Lipinski definition) is 1. The average molecular weight is 240 g/mol. The molecule has 0 saturated carbocycles. The van der Waals surface area contributed by atoms with Crippen molar-refractivity contribution in [3.63, 3.8) is 0 Å². The normalized spacial score (nSPS) is 33.2. The van der Waals surface area contributed by atoms with E-state index in [1.807, 2.05) is 11.8 Å². The van der Waals surface area contributed by atoms with Gasteiger partial charge in [0.05, 0.1) is 5.92 Å². The van der Waals surface area contributed by atoms with E-state index in [-0.39, 0.29) is 11.9 Å². The van der Waals surface area contributed by atoms with Gasteiger partial charge < -0.3 is 14.9 Å². The van der Waals surface area contributed by atoms with Gasteiger partial charge in [-0.1, -0.05) is 13.8 Å². The lowest BCUT2D eigenvalue weighted by atomic mass is 9.99. The van der Waals surface area contributed by atoms with E-state index in [2.05, 4.69) is 6.92 Å². The second-order valence-corrected chi connectivity index (χ2v) is 5.45. The van der Waals surface area contributed by atoms with Crippen molar-refractivity contribution in [1.82, 2.24) is 9.80 Å². The molecule has 2 fully saturated rings. The Morgan fingerprint density at radius 1 is 1.12 bits per heavy atom. The third-order valence-corrected chi connectivity index (χ3v) is 3.89. The Labute approximate surface area is 101 Å². The van der Waals surface area contributed by atoms with E-state index >= 15 is 0 Å². The van der Waals surface area contributed by atoms with Crippen molar-refractivity contribution in [3.8, 4) is 0 Å². The van der Waals surface area contributed by atoms with Crippen LogP contribution in [0.5, 0.6) is 0 Å². The molecule has 0 aromatic heterocycles. The van der Waals surface area contributed by atoms with Gasteiger partial charge in [0.1, 0.15) is 0 Å². The zero-order chi connectivity index (χ0) is 12.6. The van der Waals surface area contributed by atoms with Gasteiger partial charge in [-0.3, -0.25) is 4.79 Å². The number of urea groups is 1. The molecule has 2 saturated heterocycles. The van der Waals surface area contributed by atoms with E-state index in [9.17, 15) is 9.59 Å². The van der Waals surface area contributed by atoms with Gasteiger partial charge in [0.2, 0.25) is 0 Å². The highest BCUT2D eigenvalue weighted by molar-refractivity contribution is 5.78. The first kappa shape index (κ1) is 12.2. The van der Waals surface area contributed by atoms with E-state index < -0.39 is 11.9 Å². The number of nitrogens with zero attached hydrogens (tertiary/aromatic N) is 2. The Balaban J connectivity index is 1.96. The molecule has 0 bridgehead atoms. The molecular formula is C12H20N2O3. The van der Waals surface area contributed by atoms with Crippen LogP contribution in [0.4, 0.5) is 4.79 Å². The van der Waals surface area contributed by atoms with Crippen LogP contribution in [0.2, 0.25) is 0 Å². The molecule has 0 spiro atoms. The number of carbonyl (C=O) groups excluding carboxylic acids is 1. The molecule has 2 rings (SSSR count). The van der Waals surface area contributed by atoms with Gasteiger partial charge in [0.25, 0.3) is 0 Å². The molecule has 3 atom stereocenters. The fourth-order valence-electron chi connectivity index (χ4n) is 2.75. The van der Waals surface area contributed by atoms with E-state index in [4.69, 9.17) is 5.11 Å². The van der Waals surface area contributed by atoms with E-state index in [1.165, 1.54) is 0 Å². The average Bonchev–Trinajstić information content (AvgIpc) is 2.83. The summed E-state index contributed by atoms with van der Waals surface area (Å²) in [5, 5.41) is 9.04. The highest BCUT2D eigenvalue weighted by Gasteiger charge is 2.39. The number of likely N-dealkylation sites (tertiary alicyclic amines) is 2.